The van der Waals surface area contributed by atoms with Gasteiger partial charge >= 0.3 is 12.2 Å². The molecular weight excluding hydrogens is 432 g/mol. The van der Waals surface area contributed by atoms with Crippen molar-refractivity contribution in [2.45, 2.75) is 65.8 Å². The van der Waals surface area contributed by atoms with Crippen LogP contribution in [0.25, 0.3) is 10.9 Å². The SMILES string of the molecule is CC(C)(C)OC(=O)NCCc1cc2cccc(OCc3ccccc3)c2n1C(=O)OC(C)(C)C. The summed E-state index contributed by atoms with van der Waals surface area (Å²) >= 11 is 0. The number of carbonyl (C=O) groups is 2. The lowest BCUT2D eigenvalue weighted by atomic mass is 10.2. The normalized spacial score (nSPS) is 11.8. The Morgan fingerprint density at radius 2 is 1.56 bits per heavy atom. The molecule has 0 saturated heterocycles. The molecule has 0 atom stereocenters. The van der Waals surface area contributed by atoms with Crippen molar-refractivity contribution in [3.8, 4) is 5.75 Å². The van der Waals surface area contributed by atoms with E-state index in [1.165, 1.54) is 4.57 Å². The van der Waals surface area contributed by atoms with Gasteiger partial charge in [0.15, 0.2) is 0 Å². The Hall–Kier alpha value is -3.48. The van der Waals surface area contributed by atoms with Crippen LogP contribution in [-0.2, 0) is 22.5 Å². The monoisotopic (exact) mass is 466 g/mol. The zero-order valence-electron chi connectivity index (χ0n) is 20.8. The molecule has 0 aliphatic carbocycles. The Morgan fingerprint density at radius 3 is 2.21 bits per heavy atom. The minimum absolute atomic E-state index is 0.300. The molecule has 0 radical (unpaired) electrons. The first-order valence-corrected chi connectivity index (χ1v) is 11.4. The van der Waals surface area contributed by atoms with Crippen molar-refractivity contribution in [3.05, 3.63) is 65.9 Å². The van der Waals surface area contributed by atoms with Crippen LogP contribution in [0.3, 0.4) is 0 Å². The first-order valence-electron chi connectivity index (χ1n) is 11.4. The lowest BCUT2D eigenvalue weighted by molar-refractivity contribution is 0.0528. The molecule has 34 heavy (non-hydrogen) atoms. The van der Waals surface area contributed by atoms with E-state index >= 15 is 0 Å². The van der Waals surface area contributed by atoms with Gasteiger partial charge in [-0.1, -0.05) is 42.5 Å². The summed E-state index contributed by atoms with van der Waals surface area (Å²) < 4.78 is 18.7. The molecule has 2 aromatic carbocycles. The smallest absolute Gasteiger partial charge is 0.419 e. The maximum atomic E-state index is 13.2. The molecule has 0 aliphatic heterocycles. The first kappa shape index (κ1) is 25.1. The Morgan fingerprint density at radius 1 is 0.882 bits per heavy atom. The van der Waals surface area contributed by atoms with Crippen molar-refractivity contribution in [3.63, 3.8) is 0 Å². The maximum Gasteiger partial charge on any atom is 0.419 e. The molecule has 0 unspecified atom stereocenters. The molecule has 182 valence electrons. The summed E-state index contributed by atoms with van der Waals surface area (Å²) in [6, 6.07) is 17.4. The quantitative estimate of drug-likeness (QED) is 0.477. The molecule has 1 aromatic heterocycles. The van der Waals surface area contributed by atoms with Crippen molar-refractivity contribution in [1.29, 1.82) is 0 Å². The molecule has 0 fully saturated rings. The van der Waals surface area contributed by atoms with Gasteiger partial charge < -0.3 is 19.5 Å². The molecule has 3 aromatic rings. The second-order valence-corrected chi connectivity index (χ2v) is 10.1. The second-order valence-electron chi connectivity index (χ2n) is 10.1. The van der Waals surface area contributed by atoms with E-state index in [2.05, 4.69) is 5.32 Å². The number of hydrogen-bond donors (Lipinski definition) is 1. The van der Waals surface area contributed by atoms with Gasteiger partial charge in [-0.25, -0.2) is 14.2 Å². The Labute approximate surface area is 201 Å². The van der Waals surface area contributed by atoms with Crippen LogP contribution in [0.1, 0.15) is 52.8 Å². The van der Waals surface area contributed by atoms with Crippen LogP contribution in [0.5, 0.6) is 5.75 Å². The molecule has 3 rings (SSSR count). The van der Waals surface area contributed by atoms with E-state index in [4.69, 9.17) is 14.2 Å². The highest BCUT2D eigenvalue weighted by atomic mass is 16.6. The van der Waals surface area contributed by atoms with E-state index in [1.807, 2.05) is 96.1 Å². The third-order valence-corrected chi connectivity index (χ3v) is 4.73. The van der Waals surface area contributed by atoms with E-state index in [9.17, 15) is 9.59 Å². The van der Waals surface area contributed by atoms with Crippen LogP contribution in [0, 0.1) is 0 Å². The number of hydrogen-bond acceptors (Lipinski definition) is 5. The number of aromatic nitrogens is 1. The van der Waals surface area contributed by atoms with Gasteiger partial charge in [-0.05, 0) is 59.2 Å². The number of alkyl carbamates (subject to hydrolysis) is 1. The van der Waals surface area contributed by atoms with Crippen LogP contribution in [0.4, 0.5) is 9.59 Å². The fourth-order valence-corrected chi connectivity index (χ4v) is 3.44. The van der Waals surface area contributed by atoms with Gasteiger partial charge in [0, 0.05) is 24.0 Å². The summed E-state index contributed by atoms with van der Waals surface area (Å²) in [5.41, 5.74) is 1.12. The van der Waals surface area contributed by atoms with E-state index in [-0.39, 0.29) is 0 Å². The average Bonchev–Trinajstić information content (AvgIpc) is 3.09. The standard InChI is InChI=1S/C27H34N2O5/c1-26(2,3)33-24(30)28-16-15-21-17-20-13-10-14-22(32-18-19-11-8-7-9-12-19)23(20)29(21)25(31)34-27(4,5)6/h7-14,17H,15-16,18H2,1-6H3,(H,28,30). The molecule has 0 saturated carbocycles. The summed E-state index contributed by atoms with van der Waals surface area (Å²) in [5, 5.41) is 3.60. The third kappa shape index (κ3) is 7.01. The molecule has 0 spiro atoms. The van der Waals surface area contributed by atoms with Crippen molar-refractivity contribution in [1.82, 2.24) is 9.88 Å². The van der Waals surface area contributed by atoms with Gasteiger partial charge in [-0.15, -0.1) is 0 Å². The molecule has 7 nitrogen and oxygen atoms in total. The van der Waals surface area contributed by atoms with Crippen LogP contribution in [-0.4, -0.2) is 34.5 Å². The summed E-state index contributed by atoms with van der Waals surface area (Å²) in [7, 11) is 0. The number of ether oxygens (including phenoxy) is 3. The minimum atomic E-state index is -0.667. The first-order chi connectivity index (χ1) is 15.9. The summed E-state index contributed by atoms with van der Waals surface area (Å²) in [4.78, 5) is 25.3. The van der Waals surface area contributed by atoms with Crippen LogP contribution in [0.15, 0.2) is 54.6 Å². The fourth-order valence-electron chi connectivity index (χ4n) is 3.44. The molecule has 0 bridgehead atoms. The number of amides is 1. The number of carbonyl (C=O) groups excluding carboxylic acids is 2. The predicted molar refractivity (Wildman–Crippen MR) is 132 cm³/mol. The van der Waals surface area contributed by atoms with Crippen LogP contribution < -0.4 is 10.1 Å². The third-order valence-electron chi connectivity index (χ3n) is 4.73. The molecule has 1 amide bonds. The van der Waals surface area contributed by atoms with Gasteiger partial charge in [0.2, 0.25) is 0 Å². The van der Waals surface area contributed by atoms with Crippen molar-refractivity contribution in [2.24, 2.45) is 0 Å². The molecule has 7 heteroatoms. The Kier molecular flexibility index (Phi) is 7.54. The highest BCUT2D eigenvalue weighted by Gasteiger charge is 2.24. The topological polar surface area (TPSA) is 78.8 Å². The average molecular weight is 467 g/mol. The predicted octanol–water partition coefficient (Wildman–Crippen LogP) is 6.07. The fraction of sp³-hybridized carbons (Fsp3) is 0.407. The maximum absolute atomic E-state index is 13.2. The largest absolute Gasteiger partial charge is 0.487 e. The minimum Gasteiger partial charge on any atom is -0.487 e. The van der Waals surface area contributed by atoms with E-state index in [0.29, 0.717) is 36.5 Å². The van der Waals surface area contributed by atoms with Gasteiger partial charge in [0.25, 0.3) is 0 Å². The number of fused-ring (bicyclic) bond motifs is 1. The zero-order chi connectivity index (χ0) is 24.9. The number of nitrogens with zero attached hydrogens (tertiary/aromatic N) is 1. The highest BCUT2D eigenvalue weighted by Crippen LogP contribution is 2.31. The molecule has 0 aliphatic rings. The van der Waals surface area contributed by atoms with Crippen LogP contribution >= 0.6 is 0 Å². The number of benzene rings is 2. The van der Waals surface area contributed by atoms with Crippen molar-refractivity contribution in [2.75, 3.05) is 6.54 Å². The molecular formula is C27H34N2O5. The lowest BCUT2D eigenvalue weighted by Crippen LogP contribution is -2.34. The van der Waals surface area contributed by atoms with E-state index in [0.717, 1.165) is 10.9 Å². The number of rotatable bonds is 6. The lowest BCUT2D eigenvalue weighted by Gasteiger charge is -2.22. The summed E-state index contributed by atoms with van der Waals surface area (Å²) in [6.45, 7) is 11.6. The van der Waals surface area contributed by atoms with Crippen molar-refractivity contribution >= 4 is 23.1 Å². The van der Waals surface area contributed by atoms with Crippen LogP contribution in [0.2, 0.25) is 0 Å². The Balaban J connectivity index is 1.90. The van der Waals surface area contributed by atoms with Gasteiger partial charge in [0.05, 0.1) is 0 Å². The number of para-hydroxylation sites is 1. The summed E-state index contributed by atoms with van der Waals surface area (Å²) in [5.74, 6) is 0.582. The van der Waals surface area contributed by atoms with Gasteiger partial charge in [-0.2, -0.15) is 0 Å². The molecule has 1 N–H and O–H groups in total. The number of nitrogens with one attached hydrogen (secondary N) is 1. The molecule has 1 heterocycles. The van der Waals surface area contributed by atoms with E-state index < -0.39 is 23.4 Å². The van der Waals surface area contributed by atoms with Gasteiger partial charge in [-0.3, -0.25) is 0 Å². The van der Waals surface area contributed by atoms with Crippen molar-refractivity contribution < 1.29 is 23.8 Å². The van der Waals surface area contributed by atoms with E-state index in [1.54, 1.807) is 0 Å². The second kappa shape index (κ2) is 10.2. The zero-order valence-corrected chi connectivity index (χ0v) is 20.8. The highest BCUT2D eigenvalue weighted by molar-refractivity contribution is 5.95. The summed E-state index contributed by atoms with van der Waals surface area (Å²) in [6.07, 6.45) is -0.587. The van der Waals surface area contributed by atoms with Gasteiger partial charge in [0.1, 0.15) is 29.1 Å². The Bertz CT molecular complexity index is 1140.